The molecule has 0 bridgehead atoms. The molecule has 1 aromatic heterocycles. The molecule has 1 amide bonds. The molecule has 5 heteroatoms. The molecule has 0 fully saturated rings. The zero-order valence-corrected chi connectivity index (χ0v) is 8.66. The number of hydrogen-bond donors (Lipinski definition) is 4. The lowest BCUT2D eigenvalue weighted by Gasteiger charge is -2.07. The molecule has 84 valence electrons. The second-order valence-corrected chi connectivity index (χ2v) is 3.47. The van der Waals surface area contributed by atoms with Gasteiger partial charge in [-0.2, -0.15) is 0 Å². The Kier molecular flexibility index (Phi) is 4.33. The van der Waals surface area contributed by atoms with E-state index < -0.39 is 6.10 Å². The Labute approximate surface area is 88.1 Å². The molecule has 0 spiro atoms. The number of hydrogen-bond acceptors (Lipinski definition) is 3. The Morgan fingerprint density at radius 3 is 2.93 bits per heavy atom. The van der Waals surface area contributed by atoms with Crippen molar-refractivity contribution < 1.29 is 15.0 Å². The van der Waals surface area contributed by atoms with Gasteiger partial charge in [0, 0.05) is 12.7 Å². The summed E-state index contributed by atoms with van der Waals surface area (Å²) >= 11 is 0. The van der Waals surface area contributed by atoms with Gasteiger partial charge in [-0.15, -0.1) is 0 Å². The molecule has 5 nitrogen and oxygen atoms in total. The molecule has 1 heterocycles. The van der Waals surface area contributed by atoms with Crippen molar-refractivity contribution in [2.75, 3.05) is 13.2 Å². The lowest BCUT2D eigenvalue weighted by atomic mass is 10.2. The number of aromatic amines is 1. The fourth-order valence-corrected chi connectivity index (χ4v) is 1.17. The number of aryl methyl sites for hydroxylation is 1. The van der Waals surface area contributed by atoms with E-state index in [1.165, 1.54) is 0 Å². The van der Waals surface area contributed by atoms with E-state index >= 15 is 0 Å². The van der Waals surface area contributed by atoms with Crippen LogP contribution in [0.4, 0.5) is 0 Å². The molecule has 0 aromatic carbocycles. The SMILES string of the molecule is Cc1c[nH]c(C(=O)NCC[C@@H](O)CO)c1. The maximum atomic E-state index is 11.4. The fourth-order valence-electron chi connectivity index (χ4n) is 1.17. The van der Waals surface area contributed by atoms with Crippen LogP contribution in [0.3, 0.4) is 0 Å². The number of rotatable bonds is 5. The molecule has 15 heavy (non-hydrogen) atoms. The summed E-state index contributed by atoms with van der Waals surface area (Å²) in [6, 6.07) is 1.75. The molecule has 1 atom stereocenters. The molecule has 0 saturated heterocycles. The van der Waals surface area contributed by atoms with Crippen LogP contribution in [0.15, 0.2) is 12.3 Å². The van der Waals surface area contributed by atoms with E-state index in [4.69, 9.17) is 10.2 Å². The minimum atomic E-state index is -0.768. The Morgan fingerprint density at radius 2 is 2.40 bits per heavy atom. The number of amides is 1. The molecular weight excluding hydrogens is 196 g/mol. The number of nitrogens with one attached hydrogen (secondary N) is 2. The number of aliphatic hydroxyl groups is 2. The highest BCUT2D eigenvalue weighted by atomic mass is 16.3. The first-order chi connectivity index (χ1) is 7.13. The van der Waals surface area contributed by atoms with Crippen molar-refractivity contribution in [3.8, 4) is 0 Å². The molecule has 0 saturated carbocycles. The first-order valence-corrected chi connectivity index (χ1v) is 4.85. The van der Waals surface area contributed by atoms with Gasteiger partial charge in [-0.3, -0.25) is 4.79 Å². The Bertz CT molecular complexity index is 322. The number of carbonyl (C=O) groups is 1. The summed E-state index contributed by atoms with van der Waals surface area (Å²) in [5, 5.41) is 20.2. The van der Waals surface area contributed by atoms with Crippen molar-refractivity contribution >= 4 is 5.91 Å². The average Bonchev–Trinajstić information content (AvgIpc) is 2.64. The highest BCUT2D eigenvalue weighted by molar-refractivity contribution is 5.92. The van der Waals surface area contributed by atoms with Gasteiger partial charge in [0.1, 0.15) is 5.69 Å². The summed E-state index contributed by atoms with van der Waals surface area (Å²) in [5.74, 6) is -0.201. The predicted molar refractivity (Wildman–Crippen MR) is 55.6 cm³/mol. The van der Waals surface area contributed by atoms with Gasteiger partial charge in [-0.05, 0) is 25.0 Å². The fraction of sp³-hybridized carbons (Fsp3) is 0.500. The van der Waals surface area contributed by atoms with Gasteiger partial charge in [0.25, 0.3) is 5.91 Å². The van der Waals surface area contributed by atoms with Gasteiger partial charge in [0.15, 0.2) is 0 Å². The monoisotopic (exact) mass is 212 g/mol. The molecule has 0 aliphatic carbocycles. The predicted octanol–water partition coefficient (Wildman–Crippen LogP) is -0.204. The second-order valence-electron chi connectivity index (χ2n) is 3.47. The Hall–Kier alpha value is -1.33. The lowest BCUT2D eigenvalue weighted by molar-refractivity contribution is 0.0832. The van der Waals surface area contributed by atoms with Crippen molar-refractivity contribution in [2.24, 2.45) is 0 Å². The third-order valence-corrected chi connectivity index (χ3v) is 2.05. The third-order valence-electron chi connectivity index (χ3n) is 2.05. The van der Waals surface area contributed by atoms with Crippen LogP contribution in [-0.2, 0) is 0 Å². The number of H-pyrrole nitrogens is 1. The van der Waals surface area contributed by atoms with Crippen molar-refractivity contribution in [2.45, 2.75) is 19.4 Å². The normalized spacial score (nSPS) is 12.5. The maximum Gasteiger partial charge on any atom is 0.267 e. The summed E-state index contributed by atoms with van der Waals surface area (Å²) in [4.78, 5) is 14.3. The van der Waals surface area contributed by atoms with E-state index in [1.54, 1.807) is 12.3 Å². The third kappa shape index (κ3) is 3.73. The first kappa shape index (κ1) is 11.7. The van der Waals surface area contributed by atoms with Gasteiger partial charge in [0.05, 0.1) is 12.7 Å². The quantitative estimate of drug-likeness (QED) is 0.545. The van der Waals surface area contributed by atoms with Crippen LogP contribution >= 0.6 is 0 Å². The molecule has 1 aromatic rings. The van der Waals surface area contributed by atoms with E-state index in [-0.39, 0.29) is 12.5 Å². The van der Waals surface area contributed by atoms with Crippen molar-refractivity contribution in [1.82, 2.24) is 10.3 Å². The minimum Gasteiger partial charge on any atom is -0.394 e. The molecule has 4 N–H and O–H groups in total. The number of aromatic nitrogens is 1. The van der Waals surface area contributed by atoms with Crippen molar-refractivity contribution in [3.05, 3.63) is 23.5 Å². The van der Waals surface area contributed by atoms with Crippen LogP contribution in [0.25, 0.3) is 0 Å². The highest BCUT2D eigenvalue weighted by Crippen LogP contribution is 2.00. The average molecular weight is 212 g/mol. The van der Waals surface area contributed by atoms with Crippen molar-refractivity contribution in [1.29, 1.82) is 0 Å². The number of carbonyl (C=O) groups excluding carboxylic acids is 1. The second kappa shape index (κ2) is 5.53. The number of aliphatic hydroxyl groups excluding tert-OH is 2. The Balaban J connectivity index is 2.31. The molecule has 0 radical (unpaired) electrons. The van der Waals surface area contributed by atoms with Crippen LogP contribution in [0.2, 0.25) is 0 Å². The Morgan fingerprint density at radius 1 is 1.67 bits per heavy atom. The maximum absolute atomic E-state index is 11.4. The van der Waals surface area contributed by atoms with E-state index in [1.807, 2.05) is 6.92 Å². The van der Waals surface area contributed by atoms with E-state index in [0.29, 0.717) is 18.7 Å². The highest BCUT2D eigenvalue weighted by Gasteiger charge is 2.07. The first-order valence-electron chi connectivity index (χ1n) is 4.85. The van der Waals surface area contributed by atoms with Gasteiger partial charge in [-0.1, -0.05) is 0 Å². The summed E-state index contributed by atoms with van der Waals surface area (Å²) < 4.78 is 0. The summed E-state index contributed by atoms with van der Waals surface area (Å²) in [7, 11) is 0. The van der Waals surface area contributed by atoms with E-state index in [0.717, 1.165) is 5.56 Å². The molecule has 0 aliphatic heterocycles. The zero-order chi connectivity index (χ0) is 11.3. The van der Waals surface area contributed by atoms with E-state index in [2.05, 4.69) is 10.3 Å². The lowest BCUT2D eigenvalue weighted by Crippen LogP contribution is -2.28. The topological polar surface area (TPSA) is 85.4 Å². The summed E-state index contributed by atoms with van der Waals surface area (Å²) in [6.07, 6.45) is 1.33. The smallest absolute Gasteiger partial charge is 0.267 e. The van der Waals surface area contributed by atoms with Crippen molar-refractivity contribution in [3.63, 3.8) is 0 Å². The minimum absolute atomic E-state index is 0.201. The standard InChI is InChI=1S/C10H16N2O3/c1-7-4-9(12-5-7)10(15)11-3-2-8(14)6-13/h4-5,8,12-14H,2-3,6H2,1H3,(H,11,15)/t8-/m1/s1. The van der Waals surface area contributed by atoms with Crippen LogP contribution in [0.5, 0.6) is 0 Å². The van der Waals surface area contributed by atoms with Crippen LogP contribution in [0.1, 0.15) is 22.5 Å². The van der Waals surface area contributed by atoms with Crippen LogP contribution < -0.4 is 5.32 Å². The van der Waals surface area contributed by atoms with Gasteiger partial charge < -0.3 is 20.5 Å². The van der Waals surface area contributed by atoms with Gasteiger partial charge in [-0.25, -0.2) is 0 Å². The molecule has 0 aliphatic rings. The summed E-state index contributed by atoms with van der Waals surface area (Å²) in [5.41, 5.74) is 1.50. The van der Waals surface area contributed by atoms with Gasteiger partial charge in [0.2, 0.25) is 0 Å². The largest absolute Gasteiger partial charge is 0.394 e. The summed E-state index contributed by atoms with van der Waals surface area (Å²) in [6.45, 7) is 1.96. The van der Waals surface area contributed by atoms with Crippen LogP contribution in [-0.4, -0.2) is 40.4 Å². The zero-order valence-electron chi connectivity index (χ0n) is 8.66. The molecular formula is C10H16N2O3. The molecule has 0 unspecified atom stereocenters. The molecule has 1 rings (SSSR count). The van der Waals surface area contributed by atoms with Crippen LogP contribution in [0, 0.1) is 6.92 Å². The van der Waals surface area contributed by atoms with E-state index in [9.17, 15) is 4.79 Å². The van der Waals surface area contributed by atoms with Gasteiger partial charge >= 0.3 is 0 Å².